The molecule has 0 radical (unpaired) electrons. The summed E-state index contributed by atoms with van der Waals surface area (Å²) >= 11 is 0. The third-order valence-corrected chi connectivity index (χ3v) is 3.95. The number of fused-ring (bicyclic) bond motifs is 1. The Morgan fingerprint density at radius 3 is 2.65 bits per heavy atom. The van der Waals surface area contributed by atoms with Crippen LogP contribution >= 0.6 is 0 Å². The first-order valence-electron chi connectivity index (χ1n) is 8.42. The molecule has 4 rings (SSSR count). The number of nitrogens with one attached hydrogen (secondary N) is 2. The second-order valence-corrected chi connectivity index (χ2v) is 5.99. The van der Waals surface area contributed by atoms with Gasteiger partial charge in [0.25, 0.3) is 0 Å². The Morgan fingerprint density at radius 1 is 1.00 bits per heavy atom. The van der Waals surface area contributed by atoms with Crippen LogP contribution in [0.3, 0.4) is 0 Å². The van der Waals surface area contributed by atoms with Crippen LogP contribution in [0.5, 0.6) is 11.5 Å². The Bertz CT molecular complexity index is 899. The van der Waals surface area contributed by atoms with Crippen molar-refractivity contribution in [3.63, 3.8) is 0 Å². The van der Waals surface area contributed by atoms with Gasteiger partial charge in [0.15, 0.2) is 17.3 Å². The Balaban J connectivity index is 1.43. The van der Waals surface area contributed by atoms with Crippen molar-refractivity contribution in [2.24, 2.45) is 0 Å². The van der Waals surface area contributed by atoms with Crippen molar-refractivity contribution in [2.75, 3.05) is 23.8 Å². The molecule has 1 aliphatic rings. The summed E-state index contributed by atoms with van der Waals surface area (Å²) in [4.78, 5) is 4.44. The van der Waals surface area contributed by atoms with Crippen LogP contribution in [-0.2, 0) is 6.54 Å². The average Bonchev–Trinajstić information content (AvgIpc) is 2.68. The lowest BCUT2D eigenvalue weighted by molar-refractivity contribution is 0.171. The highest BCUT2D eigenvalue weighted by molar-refractivity contribution is 5.60. The quantitative estimate of drug-likeness (QED) is 0.731. The molecule has 132 valence electrons. The van der Waals surface area contributed by atoms with Gasteiger partial charge in [-0.2, -0.15) is 10.1 Å². The summed E-state index contributed by atoms with van der Waals surface area (Å²) in [5.74, 6) is 2.52. The van der Waals surface area contributed by atoms with Gasteiger partial charge in [0, 0.05) is 18.3 Å². The predicted octanol–water partition coefficient (Wildman–Crippen LogP) is 3.31. The third kappa shape index (κ3) is 3.83. The molecular formula is C19H19N5O2. The molecule has 2 N–H and O–H groups in total. The molecule has 0 fully saturated rings. The average molecular weight is 349 g/mol. The van der Waals surface area contributed by atoms with Crippen LogP contribution in [0.4, 0.5) is 17.5 Å². The zero-order valence-corrected chi connectivity index (χ0v) is 14.4. The molecule has 7 heteroatoms. The van der Waals surface area contributed by atoms with Crippen LogP contribution in [-0.4, -0.2) is 28.4 Å². The Labute approximate surface area is 151 Å². The molecule has 7 nitrogen and oxygen atoms in total. The van der Waals surface area contributed by atoms with Gasteiger partial charge in [0.1, 0.15) is 13.2 Å². The zero-order chi connectivity index (χ0) is 17.8. The highest BCUT2D eigenvalue weighted by Crippen LogP contribution is 2.33. The zero-order valence-electron chi connectivity index (χ0n) is 14.4. The number of nitrogens with zero attached hydrogens (tertiary/aromatic N) is 3. The van der Waals surface area contributed by atoms with Crippen LogP contribution < -0.4 is 20.1 Å². The minimum absolute atomic E-state index is 0.413. The third-order valence-electron chi connectivity index (χ3n) is 3.95. The number of hydrogen-bond acceptors (Lipinski definition) is 7. The van der Waals surface area contributed by atoms with Crippen molar-refractivity contribution >= 4 is 17.5 Å². The van der Waals surface area contributed by atoms with Crippen LogP contribution in [0.2, 0.25) is 0 Å². The van der Waals surface area contributed by atoms with Crippen molar-refractivity contribution in [3.05, 3.63) is 59.8 Å². The lowest BCUT2D eigenvalue weighted by atomic mass is 10.1. The molecular weight excluding hydrogens is 330 g/mol. The van der Waals surface area contributed by atoms with Gasteiger partial charge in [0.2, 0.25) is 5.95 Å². The summed E-state index contributed by atoms with van der Waals surface area (Å²) in [6, 6.07) is 14.0. The smallest absolute Gasteiger partial charge is 0.249 e. The van der Waals surface area contributed by atoms with Gasteiger partial charge >= 0.3 is 0 Å². The number of hydrogen-bond donors (Lipinski definition) is 2. The Kier molecular flexibility index (Phi) is 4.51. The lowest BCUT2D eigenvalue weighted by Crippen LogP contribution is -2.15. The molecule has 2 aromatic carbocycles. The summed E-state index contributed by atoms with van der Waals surface area (Å²) < 4.78 is 11.1. The molecule has 0 aliphatic carbocycles. The number of aryl methyl sites for hydroxylation is 1. The fourth-order valence-electron chi connectivity index (χ4n) is 2.59. The first-order valence-corrected chi connectivity index (χ1v) is 8.42. The van der Waals surface area contributed by atoms with Gasteiger partial charge < -0.3 is 20.1 Å². The van der Waals surface area contributed by atoms with Gasteiger partial charge in [-0.25, -0.2) is 0 Å². The molecule has 0 saturated carbocycles. The molecule has 0 spiro atoms. The van der Waals surface area contributed by atoms with Gasteiger partial charge in [-0.15, -0.1) is 5.10 Å². The maximum atomic E-state index is 5.59. The van der Waals surface area contributed by atoms with Crippen molar-refractivity contribution in [1.82, 2.24) is 15.2 Å². The second kappa shape index (κ2) is 7.26. The largest absolute Gasteiger partial charge is 0.486 e. The van der Waals surface area contributed by atoms with E-state index in [0.717, 1.165) is 11.4 Å². The monoisotopic (exact) mass is 349 g/mol. The van der Waals surface area contributed by atoms with E-state index in [2.05, 4.69) is 57.0 Å². The van der Waals surface area contributed by atoms with Gasteiger partial charge in [-0.3, -0.25) is 0 Å². The van der Waals surface area contributed by atoms with E-state index in [4.69, 9.17) is 9.47 Å². The number of rotatable bonds is 5. The summed E-state index contributed by atoms with van der Waals surface area (Å²) in [5, 5.41) is 14.4. The highest BCUT2D eigenvalue weighted by Gasteiger charge is 2.12. The number of anilines is 3. The molecule has 1 aliphatic heterocycles. The lowest BCUT2D eigenvalue weighted by Gasteiger charge is -2.19. The fourth-order valence-corrected chi connectivity index (χ4v) is 2.59. The van der Waals surface area contributed by atoms with E-state index in [1.165, 1.54) is 11.1 Å². The van der Waals surface area contributed by atoms with Crippen LogP contribution in [0.15, 0.2) is 48.7 Å². The fraction of sp³-hybridized carbons (Fsp3) is 0.211. The topological polar surface area (TPSA) is 81.2 Å². The SMILES string of the molecule is Cc1ccc(CNc2cnnc(Nc3ccc4c(c3)OCCO4)n2)cc1. The first-order chi connectivity index (χ1) is 12.8. The minimum Gasteiger partial charge on any atom is -0.486 e. The number of aromatic nitrogens is 3. The van der Waals surface area contributed by atoms with Crippen molar-refractivity contribution < 1.29 is 9.47 Å². The van der Waals surface area contributed by atoms with E-state index in [1.54, 1.807) is 6.20 Å². The molecule has 0 amide bonds. The molecule has 0 unspecified atom stereocenters. The Morgan fingerprint density at radius 2 is 1.81 bits per heavy atom. The predicted molar refractivity (Wildman–Crippen MR) is 99.0 cm³/mol. The van der Waals surface area contributed by atoms with E-state index >= 15 is 0 Å². The highest BCUT2D eigenvalue weighted by atomic mass is 16.6. The van der Waals surface area contributed by atoms with Crippen molar-refractivity contribution in [3.8, 4) is 11.5 Å². The first kappa shape index (κ1) is 16.1. The molecule has 26 heavy (non-hydrogen) atoms. The van der Waals surface area contributed by atoms with Gasteiger partial charge in [0.05, 0.1) is 6.20 Å². The van der Waals surface area contributed by atoms with E-state index in [9.17, 15) is 0 Å². The van der Waals surface area contributed by atoms with E-state index in [-0.39, 0.29) is 0 Å². The molecule has 2 heterocycles. The summed E-state index contributed by atoms with van der Waals surface area (Å²) in [5.41, 5.74) is 3.23. The summed E-state index contributed by atoms with van der Waals surface area (Å²) in [6.07, 6.45) is 1.60. The maximum Gasteiger partial charge on any atom is 0.249 e. The molecule has 0 bridgehead atoms. The molecule has 0 atom stereocenters. The van der Waals surface area contributed by atoms with Gasteiger partial charge in [-0.1, -0.05) is 29.8 Å². The van der Waals surface area contributed by atoms with Crippen LogP contribution in [0.1, 0.15) is 11.1 Å². The van der Waals surface area contributed by atoms with E-state index in [0.29, 0.717) is 37.3 Å². The molecule has 1 aromatic heterocycles. The van der Waals surface area contributed by atoms with Crippen LogP contribution in [0, 0.1) is 6.92 Å². The number of benzene rings is 2. The summed E-state index contributed by atoms with van der Waals surface area (Å²) in [6.45, 7) is 3.86. The van der Waals surface area contributed by atoms with Crippen molar-refractivity contribution in [2.45, 2.75) is 13.5 Å². The molecule has 3 aromatic rings. The molecule has 0 saturated heterocycles. The minimum atomic E-state index is 0.413. The standard InChI is InChI=1S/C19H19N5O2/c1-13-2-4-14(5-3-13)11-20-18-12-21-24-19(23-18)22-15-6-7-16-17(10-15)26-9-8-25-16/h2-7,10,12H,8-9,11H2,1H3,(H2,20,22,23,24). The second-order valence-electron chi connectivity index (χ2n) is 5.99. The van der Waals surface area contributed by atoms with Crippen LogP contribution in [0.25, 0.3) is 0 Å². The normalized spacial score (nSPS) is 12.5. The van der Waals surface area contributed by atoms with E-state index < -0.39 is 0 Å². The summed E-state index contributed by atoms with van der Waals surface area (Å²) in [7, 11) is 0. The van der Waals surface area contributed by atoms with Gasteiger partial charge in [-0.05, 0) is 24.6 Å². The van der Waals surface area contributed by atoms with E-state index in [1.807, 2.05) is 18.2 Å². The number of ether oxygens (including phenoxy) is 2. The maximum absolute atomic E-state index is 5.59. The van der Waals surface area contributed by atoms with Crippen molar-refractivity contribution in [1.29, 1.82) is 0 Å². The Hall–Kier alpha value is -3.35.